The Kier molecular flexibility index (Phi) is 5.11. The zero-order chi connectivity index (χ0) is 18.8. The van der Waals surface area contributed by atoms with E-state index >= 15 is 0 Å². The van der Waals surface area contributed by atoms with Gasteiger partial charge in [0.2, 0.25) is 0 Å². The third-order valence-corrected chi connectivity index (χ3v) is 5.47. The number of ether oxygens (including phenoxy) is 1. The number of carbonyl (C=O) groups is 1. The average Bonchev–Trinajstić information content (AvgIpc) is 3.32. The van der Waals surface area contributed by atoms with Crippen molar-refractivity contribution >= 4 is 45.1 Å². The van der Waals surface area contributed by atoms with E-state index in [2.05, 4.69) is 26.3 Å². The van der Waals surface area contributed by atoms with Gasteiger partial charge in [-0.25, -0.2) is 4.68 Å². The largest absolute Gasteiger partial charge is 0.488 e. The van der Waals surface area contributed by atoms with Gasteiger partial charge in [0, 0.05) is 16.1 Å². The smallest absolute Gasteiger partial charge is 0.256 e. The van der Waals surface area contributed by atoms with Crippen LogP contribution in [0, 0.1) is 0 Å². The molecule has 0 saturated carbocycles. The van der Waals surface area contributed by atoms with Gasteiger partial charge in [0.1, 0.15) is 23.9 Å². The highest BCUT2D eigenvalue weighted by molar-refractivity contribution is 9.10. The molecule has 1 aromatic carbocycles. The molecule has 4 rings (SSSR count). The van der Waals surface area contributed by atoms with E-state index < -0.39 is 0 Å². The predicted octanol–water partition coefficient (Wildman–Crippen LogP) is 3.78. The fraction of sp³-hybridized carbons (Fsp3) is 0.158. The quantitative estimate of drug-likeness (QED) is 0.626. The Balaban J connectivity index is 1.59. The number of nitrogens with one attached hydrogen (secondary N) is 1. The van der Waals surface area contributed by atoms with Crippen molar-refractivity contribution in [3.05, 3.63) is 57.4 Å². The van der Waals surface area contributed by atoms with Gasteiger partial charge >= 0.3 is 0 Å². The van der Waals surface area contributed by atoms with Crippen LogP contribution in [0.5, 0.6) is 5.75 Å². The van der Waals surface area contributed by atoms with E-state index in [1.54, 1.807) is 16.0 Å². The molecule has 0 unspecified atom stereocenters. The summed E-state index contributed by atoms with van der Waals surface area (Å²) in [6, 6.07) is 11.4. The molecular formula is C19H16BrN3O3S. The monoisotopic (exact) mass is 445 g/mol. The molecule has 2 N–H and O–H groups in total. The summed E-state index contributed by atoms with van der Waals surface area (Å²) in [7, 11) is 0. The maximum atomic E-state index is 12.7. The van der Waals surface area contributed by atoms with Crippen LogP contribution in [0.2, 0.25) is 0 Å². The van der Waals surface area contributed by atoms with E-state index in [1.807, 2.05) is 47.9 Å². The van der Waals surface area contributed by atoms with Crippen LogP contribution >= 0.6 is 27.3 Å². The van der Waals surface area contributed by atoms with Gasteiger partial charge in [0.15, 0.2) is 0 Å². The zero-order valence-corrected chi connectivity index (χ0v) is 16.6. The highest BCUT2D eigenvalue weighted by atomic mass is 79.9. The molecule has 3 heterocycles. The van der Waals surface area contributed by atoms with Crippen LogP contribution in [0.15, 0.2) is 51.8 Å². The van der Waals surface area contributed by atoms with E-state index in [-0.39, 0.29) is 19.1 Å². The summed E-state index contributed by atoms with van der Waals surface area (Å²) in [6.07, 6.45) is 1.83. The zero-order valence-electron chi connectivity index (χ0n) is 14.2. The molecule has 6 nitrogen and oxygen atoms in total. The first kappa shape index (κ1) is 18.0. The Morgan fingerprint density at radius 1 is 1.37 bits per heavy atom. The van der Waals surface area contributed by atoms with Gasteiger partial charge in [0.05, 0.1) is 23.6 Å². The molecule has 0 atom stereocenters. The summed E-state index contributed by atoms with van der Waals surface area (Å²) in [4.78, 5) is 13.7. The van der Waals surface area contributed by atoms with Crippen molar-refractivity contribution in [1.29, 1.82) is 0 Å². The fourth-order valence-electron chi connectivity index (χ4n) is 2.80. The number of aliphatic hydroxyl groups excluding tert-OH is 1. The van der Waals surface area contributed by atoms with E-state index in [0.29, 0.717) is 17.9 Å². The lowest BCUT2D eigenvalue weighted by molar-refractivity contribution is -0.113. The molecule has 2 aromatic heterocycles. The van der Waals surface area contributed by atoms with Crippen molar-refractivity contribution in [2.24, 2.45) is 0 Å². The molecule has 0 fully saturated rings. The Labute approximate surface area is 168 Å². The number of benzene rings is 1. The Morgan fingerprint density at radius 2 is 2.26 bits per heavy atom. The number of fused-ring (bicyclic) bond motifs is 1. The number of hydrogen-bond acceptors (Lipinski definition) is 5. The third-order valence-electron chi connectivity index (χ3n) is 4.08. The molecule has 138 valence electrons. The minimum atomic E-state index is -0.252. The summed E-state index contributed by atoms with van der Waals surface area (Å²) in [6.45, 7) is 0.431. The van der Waals surface area contributed by atoms with Crippen molar-refractivity contribution in [1.82, 2.24) is 9.78 Å². The molecule has 0 aliphatic carbocycles. The van der Waals surface area contributed by atoms with Gasteiger partial charge in [-0.05, 0) is 35.7 Å². The van der Waals surface area contributed by atoms with Gasteiger partial charge < -0.3 is 15.2 Å². The number of thiophene rings is 1. The molecule has 0 spiro atoms. The van der Waals surface area contributed by atoms with Crippen molar-refractivity contribution < 1.29 is 14.6 Å². The Bertz CT molecular complexity index is 1010. The Morgan fingerprint density at radius 3 is 3.04 bits per heavy atom. The number of aliphatic hydroxyl groups is 1. The molecule has 27 heavy (non-hydrogen) atoms. The SMILES string of the molecule is O=C(Nc1cc(-c2cccs2)nn1CCO)C1=Cc2cc(Br)ccc2OC1. The number of anilines is 1. The third kappa shape index (κ3) is 3.83. The molecule has 0 radical (unpaired) electrons. The van der Waals surface area contributed by atoms with Gasteiger partial charge in [0.25, 0.3) is 5.91 Å². The summed E-state index contributed by atoms with van der Waals surface area (Å²) >= 11 is 5.00. The Hall–Kier alpha value is -2.42. The molecular weight excluding hydrogens is 430 g/mol. The van der Waals surface area contributed by atoms with Gasteiger partial charge in [-0.3, -0.25) is 4.79 Å². The number of aromatic nitrogens is 2. The lowest BCUT2D eigenvalue weighted by Gasteiger charge is -2.18. The molecule has 1 aliphatic rings. The van der Waals surface area contributed by atoms with E-state index in [4.69, 9.17) is 4.74 Å². The molecule has 0 bridgehead atoms. The molecule has 1 aliphatic heterocycles. The van der Waals surface area contributed by atoms with Crippen molar-refractivity contribution in [2.75, 3.05) is 18.5 Å². The van der Waals surface area contributed by atoms with Crippen LogP contribution in [0.25, 0.3) is 16.6 Å². The number of amides is 1. The second-order valence-corrected chi connectivity index (χ2v) is 7.80. The number of carbonyl (C=O) groups excluding carboxylic acids is 1. The van der Waals surface area contributed by atoms with Crippen LogP contribution < -0.4 is 10.1 Å². The first-order chi connectivity index (χ1) is 13.1. The minimum absolute atomic E-state index is 0.0678. The van der Waals surface area contributed by atoms with Crippen LogP contribution in [-0.2, 0) is 11.3 Å². The van der Waals surface area contributed by atoms with Crippen LogP contribution in [0.3, 0.4) is 0 Å². The lowest BCUT2D eigenvalue weighted by atomic mass is 10.1. The highest BCUT2D eigenvalue weighted by Gasteiger charge is 2.20. The maximum absolute atomic E-state index is 12.7. The molecule has 3 aromatic rings. The first-order valence-electron chi connectivity index (χ1n) is 8.31. The maximum Gasteiger partial charge on any atom is 0.256 e. The van der Waals surface area contributed by atoms with Gasteiger partial charge in [-0.1, -0.05) is 22.0 Å². The van der Waals surface area contributed by atoms with Crippen molar-refractivity contribution in [3.63, 3.8) is 0 Å². The van der Waals surface area contributed by atoms with Gasteiger partial charge in [-0.15, -0.1) is 11.3 Å². The topological polar surface area (TPSA) is 76.4 Å². The van der Waals surface area contributed by atoms with E-state index in [1.165, 1.54) is 0 Å². The lowest BCUT2D eigenvalue weighted by Crippen LogP contribution is -2.23. The standard InChI is InChI=1S/C19H16BrN3O3S/c20-14-3-4-16-12(9-14)8-13(11-26-16)19(25)21-18-10-15(17-2-1-7-27-17)22-23(18)5-6-24/h1-4,7-10,24H,5-6,11H2,(H,21,25). The summed E-state index contributed by atoms with van der Waals surface area (Å²) in [5.74, 6) is 1.04. The first-order valence-corrected chi connectivity index (χ1v) is 9.98. The second-order valence-electron chi connectivity index (χ2n) is 5.93. The van der Waals surface area contributed by atoms with Crippen LogP contribution in [0.1, 0.15) is 5.56 Å². The number of nitrogens with zero attached hydrogens (tertiary/aromatic N) is 2. The normalized spacial score (nSPS) is 12.9. The van der Waals surface area contributed by atoms with Crippen molar-refractivity contribution in [3.8, 4) is 16.3 Å². The fourth-order valence-corrected chi connectivity index (χ4v) is 3.86. The van der Waals surface area contributed by atoms with E-state index in [9.17, 15) is 9.90 Å². The van der Waals surface area contributed by atoms with Crippen molar-refractivity contribution in [2.45, 2.75) is 6.54 Å². The van der Waals surface area contributed by atoms with Gasteiger partial charge in [-0.2, -0.15) is 5.10 Å². The number of hydrogen-bond donors (Lipinski definition) is 2. The predicted molar refractivity (Wildman–Crippen MR) is 109 cm³/mol. The second kappa shape index (κ2) is 7.67. The number of rotatable bonds is 5. The molecule has 0 saturated heterocycles. The minimum Gasteiger partial charge on any atom is -0.488 e. The summed E-state index contributed by atoms with van der Waals surface area (Å²) in [5, 5.41) is 18.6. The summed E-state index contributed by atoms with van der Waals surface area (Å²) in [5.41, 5.74) is 2.14. The highest BCUT2D eigenvalue weighted by Crippen LogP contribution is 2.30. The van der Waals surface area contributed by atoms with Crippen LogP contribution in [0.4, 0.5) is 5.82 Å². The molecule has 8 heteroatoms. The van der Waals surface area contributed by atoms with E-state index in [0.717, 1.165) is 26.4 Å². The number of halogens is 1. The average molecular weight is 446 g/mol. The van der Waals surface area contributed by atoms with Crippen LogP contribution in [-0.4, -0.2) is 34.0 Å². The summed E-state index contributed by atoms with van der Waals surface area (Å²) < 4.78 is 8.20. The molecule has 1 amide bonds.